The van der Waals surface area contributed by atoms with Gasteiger partial charge in [-0.2, -0.15) is 0 Å². The van der Waals surface area contributed by atoms with E-state index >= 15 is 0 Å². The molecule has 2 aromatic rings. The van der Waals surface area contributed by atoms with Crippen LogP contribution >= 0.6 is 11.3 Å². The van der Waals surface area contributed by atoms with E-state index in [1.165, 1.54) is 11.3 Å². The molecule has 0 saturated carbocycles. The Balaban J connectivity index is 2.30. The van der Waals surface area contributed by atoms with Crippen LogP contribution in [0.1, 0.15) is 21.1 Å². The number of thiazole rings is 1. The van der Waals surface area contributed by atoms with Crippen molar-refractivity contribution < 1.29 is 15.0 Å². The second kappa shape index (κ2) is 5.16. The molecule has 0 unspecified atom stereocenters. The minimum Gasteiger partial charge on any atom is -0.476 e. The van der Waals surface area contributed by atoms with Crippen LogP contribution in [0.2, 0.25) is 0 Å². The van der Waals surface area contributed by atoms with E-state index in [0.29, 0.717) is 10.0 Å². The third kappa shape index (κ3) is 2.66. The molecule has 2 rings (SSSR count). The minimum absolute atomic E-state index is 0.0203. The molecule has 1 heterocycles. The number of hydrogen-bond donors (Lipinski definition) is 3. The van der Waals surface area contributed by atoms with Gasteiger partial charge >= 0.3 is 5.97 Å². The summed E-state index contributed by atoms with van der Waals surface area (Å²) >= 11 is 1.29. The number of nitrogens with zero attached hydrogens (tertiary/aromatic N) is 1. The second-order valence-electron chi connectivity index (χ2n) is 3.70. The second-order valence-corrected chi connectivity index (χ2v) is 4.90. The fourth-order valence-corrected chi connectivity index (χ4v) is 2.37. The first kappa shape index (κ1) is 12.5. The molecule has 94 valence electrons. The topological polar surface area (TPSA) is 82.5 Å². The van der Waals surface area contributed by atoms with Crippen molar-refractivity contribution in [3.63, 3.8) is 0 Å². The van der Waals surface area contributed by atoms with Gasteiger partial charge in [0.2, 0.25) is 0 Å². The zero-order valence-corrected chi connectivity index (χ0v) is 10.5. The number of hydrogen-bond acceptors (Lipinski definition) is 5. The molecule has 0 spiro atoms. The van der Waals surface area contributed by atoms with Gasteiger partial charge in [0.25, 0.3) is 0 Å². The van der Waals surface area contributed by atoms with Crippen molar-refractivity contribution in [3.8, 4) is 0 Å². The van der Waals surface area contributed by atoms with Crippen LogP contribution in [0, 0.1) is 6.92 Å². The molecule has 6 heteroatoms. The molecule has 0 bridgehead atoms. The van der Waals surface area contributed by atoms with Gasteiger partial charge in [0, 0.05) is 5.69 Å². The molecule has 5 nitrogen and oxygen atoms in total. The lowest BCUT2D eigenvalue weighted by Crippen LogP contribution is -2.01. The lowest BCUT2D eigenvalue weighted by Gasteiger charge is -2.05. The Morgan fingerprint density at radius 3 is 2.94 bits per heavy atom. The molecule has 1 aromatic carbocycles. The number of carboxylic acids is 1. The lowest BCUT2D eigenvalue weighted by atomic mass is 10.2. The van der Waals surface area contributed by atoms with Gasteiger partial charge in [-0.1, -0.05) is 12.1 Å². The Morgan fingerprint density at radius 2 is 2.28 bits per heavy atom. The van der Waals surface area contributed by atoms with Crippen LogP contribution in [0.15, 0.2) is 24.3 Å². The molecule has 0 atom stereocenters. The number of rotatable bonds is 4. The van der Waals surface area contributed by atoms with E-state index in [2.05, 4.69) is 10.3 Å². The van der Waals surface area contributed by atoms with Gasteiger partial charge < -0.3 is 15.5 Å². The van der Waals surface area contributed by atoms with Crippen LogP contribution in [0.5, 0.6) is 0 Å². The third-order valence-electron chi connectivity index (χ3n) is 2.30. The van der Waals surface area contributed by atoms with E-state index in [-0.39, 0.29) is 12.3 Å². The number of aliphatic hydroxyl groups is 1. The number of carbonyl (C=O) groups is 1. The highest BCUT2D eigenvalue weighted by Gasteiger charge is 2.15. The summed E-state index contributed by atoms with van der Waals surface area (Å²) in [5, 5.41) is 22.3. The van der Waals surface area contributed by atoms with Gasteiger partial charge in [-0.25, -0.2) is 9.78 Å². The Hall–Kier alpha value is -1.92. The zero-order valence-electron chi connectivity index (χ0n) is 9.67. The Kier molecular flexibility index (Phi) is 3.59. The summed E-state index contributed by atoms with van der Waals surface area (Å²) in [5.41, 5.74) is 1.51. The summed E-state index contributed by atoms with van der Waals surface area (Å²) in [6.07, 6.45) is 0. The first-order valence-electron chi connectivity index (χ1n) is 5.27. The summed E-state index contributed by atoms with van der Waals surface area (Å²) in [7, 11) is 0. The maximum absolute atomic E-state index is 11.0. The average Bonchev–Trinajstić information content (AvgIpc) is 2.70. The molecule has 0 amide bonds. The highest BCUT2D eigenvalue weighted by molar-refractivity contribution is 7.16. The van der Waals surface area contributed by atoms with Gasteiger partial charge in [-0.05, 0) is 24.6 Å². The normalized spacial score (nSPS) is 10.3. The standard InChI is InChI=1S/C12H12N2O3S/c1-7-13-10(12(16)17)11(18-7)14-9-4-2-3-8(5-9)6-15/h2-5,14-15H,6H2,1H3,(H,16,17). The fourth-order valence-electron chi connectivity index (χ4n) is 1.54. The van der Waals surface area contributed by atoms with Gasteiger partial charge in [0.1, 0.15) is 5.00 Å². The maximum atomic E-state index is 11.0. The van der Waals surface area contributed by atoms with Crippen molar-refractivity contribution in [2.45, 2.75) is 13.5 Å². The van der Waals surface area contributed by atoms with E-state index in [1.54, 1.807) is 31.2 Å². The first-order chi connectivity index (χ1) is 8.60. The smallest absolute Gasteiger partial charge is 0.357 e. The highest BCUT2D eigenvalue weighted by atomic mass is 32.1. The average molecular weight is 264 g/mol. The summed E-state index contributed by atoms with van der Waals surface area (Å²) in [5.74, 6) is -1.06. The van der Waals surface area contributed by atoms with Crippen LogP contribution < -0.4 is 5.32 Å². The molecule has 0 fully saturated rings. The molecule has 0 saturated heterocycles. The predicted octanol–water partition coefficient (Wildman–Crippen LogP) is 2.39. The number of nitrogens with one attached hydrogen (secondary N) is 1. The van der Waals surface area contributed by atoms with Crippen molar-refractivity contribution in [2.75, 3.05) is 5.32 Å². The molecule has 0 aliphatic carbocycles. The van der Waals surface area contributed by atoms with Crippen molar-refractivity contribution in [1.29, 1.82) is 0 Å². The first-order valence-corrected chi connectivity index (χ1v) is 6.09. The van der Waals surface area contributed by atoms with Crippen molar-refractivity contribution in [3.05, 3.63) is 40.5 Å². The third-order valence-corrected chi connectivity index (χ3v) is 3.19. The summed E-state index contributed by atoms with van der Waals surface area (Å²) < 4.78 is 0. The van der Waals surface area contributed by atoms with Crippen molar-refractivity contribution in [1.82, 2.24) is 4.98 Å². The Labute approximate surface area is 108 Å². The van der Waals surface area contributed by atoms with E-state index in [9.17, 15) is 4.79 Å². The van der Waals surface area contributed by atoms with E-state index in [4.69, 9.17) is 10.2 Å². The number of aliphatic hydroxyl groups excluding tert-OH is 1. The molecular weight excluding hydrogens is 252 g/mol. The van der Waals surface area contributed by atoms with Crippen LogP contribution in [0.4, 0.5) is 10.7 Å². The van der Waals surface area contributed by atoms with Gasteiger partial charge in [-0.3, -0.25) is 0 Å². The predicted molar refractivity (Wildman–Crippen MR) is 69.5 cm³/mol. The molecule has 1 aromatic heterocycles. The summed E-state index contributed by atoms with van der Waals surface area (Å²) in [6, 6.07) is 7.16. The number of carboxylic acid groups (broad SMARTS) is 1. The van der Waals surface area contributed by atoms with Crippen LogP contribution in [0.3, 0.4) is 0 Å². The largest absolute Gasteiger partial charge is 0.476 e. The van der Waals surface area contributed by atoms with Crippen LogP contribution in [-0.4, -0.2) is 21.2 Å². The van der Waals surface area contributed by atoms with Crippen LogP contribution in [0.25, 0.3) is 0 Å². The minimum atomic E-state index is -1.06. The molecule has 3 N–H and O–H groups in total. The molecule has 0 aliphatic rings. The lowest BCUT2D eigenvalue weighted by molar-refractivity contribution is 0.0692. The van der Waals surface area contributed by atoms with E-state index < -0.39 is 5.97 Å². The van der Waals surface area contributed by atoms with Gasteiger partial charge in [0.15, 0.2) is 5.69 Å². The molecule has 0 aliphatic heterocycles. The summed E-state index contributed by atoms with van der Waals surface area (Å²) in [6.45, 7) is 1.70. The SMILES string of the molecule is Cc1nc(C(=O)O)c(Nc2cccc(CO)c2)s1. The Morgan fingerprint density at radius 1 is 1.50 bits per heavy atom. The van der Waals surface area contributed by atoms with Crippen LogP contribution in [-0.2, 0) is 6.61 Å². The van der Waals surface area contributed by atoms with Crippen molar-refractivity contribution >= 4 is 28.0 Å². The van der Waals surface area contributed by atoms with Crippen molar-refractivity contribution in [2.24, 2.45) is 0 Å². The number of benzene rings is 1. The molecule has 18 heavy (non-hydrogen) atoms. The fraction of sp³-hybridized carbons (Fsp3) is 0.167. The molecule has 0 radical (unpaired) electrons. The quantitative estimate of drug-likeness (QED) is 0.789. The van der Waals surface area contributed by atoms with E-state index in [0.717, 1.165) is 11.3 Å². The number of aromatic carboxylic acids is 1. The number of aryl methyl sites for hydroxylation is 1. The number of anilines is 2. The highest BCUT2D eigenvalue weighted by Crippen LogP contribution is 2.28. The zero-order chi connectivity index (χ0) is 13.1. The van der Waals surface area contributed by atoms with E-state index in [1.807, 2.05) is 0 Å². The molecular formula is C12H12N2O3S. The Bertz CT molecular complexity index is 580. The number of aromatic nitrogens is 1. The van der Waals surface area contributed by atoms with Gasteiger partial charge in [0.05, 0.1) is 11.6 Å². The maximum Gasteiger partial charge on any atom is 0.357 e. The monoisotopic (exact) mass is 264 g/mol. The van der Waals surface area contributed by atoms with Gasteiger partial charge in [-0.15, -0.1) is 11.3 Å². The summed E-state index contributed by atoms with van der Waals surface area (Å²) in [4.78, 5) is 15.0.